The second-order valence-electron chi connectivity index (χ2n) is 19.6. The van der Waals surface area contributed by atoms with E-state index in [9.17, 15) is 0 Å². The van der Waals surface area contributed by atoms with Crippen molar-refractivity contribution in [2.24, 2.45) is 0 Å². The molecule has 74 heavy (non-hydrogen) atoms. The van der Waals surface area contributed by atoms with E-state index >= 15 is 0 Å². The summed E-state index contributed by atoms with van der Waals surface area (Å²) in [6.07, 6.45) is 0. The van der Waals surface area contributed by atoms with E-state index in [2.05, 4.69) is 258 Å². The van der Waals surface area contributed by atoms with Crippen LogP contribution in [0.4, 0.5) is 0 Å². The Morgan fingerprint density at radius 3 is 1.36 bits per heavy atom. The topological polar surface area (TPSA) is 48.5 Å². The van der Waals surface area contributed by atoms with Gasteiger partial charge in [0, 0.05) is 49.6 Å². The van der Waals surface area contributed by atoms with Crippen LogP contribution in [-0.4, -0.2) is 24.1 Å². The zero-order valence-corrected chi connectivity index (χ0v) is 39.9. The van der Waals surface area contributed by atoms with Crippen LogP contribution in [0.1, 0.15) is 0 Å². The molecule has 0 aliphatic rings. The first kappa shape index (κ1) is 40.7. The molecule has 0 unspecified atom stereocenters. The van der Waals surface area contributed by atoms with Gasteiger partial charge in [-0.1, -0.05) is 176 Å². The molecule has 5 heteroatoms. The molecular weight excluding hydrogens is 899 g/mol. The second-order valence-corrected chi connectivity index (χ2v) is 19.6. The monoisotopic (exact) mass is 939 g/mol. The van der Waals surface area contributed by atoms with E-state index in [1.54, 1.807) is 0 Å². The minimum atomic E-state index is 0.615. The number of fused-ring (bicyclic) bond motifs is 13. The molecule has 0 saturated carbocycles. The summed E-state index contributed by atoms with van der Waals surface area (Å²) >= 11 is 0. The third-order valence-electron chi connectivity index (χ3n) is 15.4. The van der Waals surface area contributed by atoms with Crippen LogP contribution >= 0.6 is 0 Å². The lowest BCUT2D eigenvalue weighted by molar-refractivity contribution is 1.08. The fourth-order valence-electron chi connectivity index (χ4n) is 11.9. The Balaban J connectivity index is 0.923. The van der Waals surface area contributed by atoms with Crippen molar-refractivity contribution >= 4 is 108 Å². The van der Waals surface area contributed by atoms with Gasteiger partial charge in [0.25, 0.3) is 0 Å². The van der Waals surface area contributed by atoms with Crippen molar-refractivity contribution in [2.45, 2.75) is 0 Å². The molecule has 13 aromatic carbocycles. The molecular formula is C69H41N5. The molecule has 0 aliphatic heterocycles. The third-order valence-corrected chi connectivity index (χ3v) is 15.4. The normalized spacial score (nSPS) is 12.1. The first-order valence-corrected chi connectivity index (χ1v) is 25.2. The highest BCUT2D eigenvalue weighted by molar-refractivity contribution is 6.16. The number of para-hydroxylation sites is 2. The summed E-state index contributed by atoms with van der Waals surface area (Å²) in [5.74, 6) is 1.86. The van der Waals surface area contributed by atoms with Crippen molar-refractivity contribution in [3.05, 3.63) is 249 Å². The number of benzene rings is 13. The van der Waals surface area contributed by atoms with Gasteiger partial charge in [0.2, 0.25) is 0 Å². The van der Waals surface area contributed by atoms with E-state index < -0.39 is 0 Å². The van der Waals surface area contributed by atoms with Crippen molar-refractivity contribution in [3.63, 3.8) is 0 Å². The number of hydrogen-bond donors (Lipinski definition) is 0. The smallest absolute Gasteiger partial charge is 0.164 e. The summed E-state index contributed by atoms with van der Waals surface area (Å²) in [5, 5.41) is 18.9. The molecule has 0 spiro atoms. The first-order valence-electron chi connectivity index (χ1n) is 25.2. The minimum absolute atomic E-state index is 0.615. The summed E-state index contributed by atoms with van der Waals surface area (Å²) in [6.45, 7) is 0. The SMILES string of the molecule is c1ccc2cc(-c3nc(-c4ccc5ccc6ccccc6c5c4)nc(-c4cc(-n5c6ccccc6c6cc7ccc(-n8c9ccccc9c9cc%10ccccc%10cc98)cc7cc65)cc5ccccc45)n3)ccc2c1. The van der Waals surface area contributed by atoms with Crippen molar-refractivity contribution in [1.29, 1.82) is 0 Å². The Hall–Kier alpha value is -9.97. The first-order chi connectivity index (χ1) is 36.6. The number of rotatable bonds is 5. The predicted octanol–water partition coefficient (Wildman–Crippen LogP) is 18.0. The van der Waals surface area contributed by atoms with Gasteiger partial charge in [-0.15, -0.1) is 0 Å². The van der Waals surface area contributed by atoms with Crippen LogP contribution in [-0.2, 0) is 0 Å². The van der Waals surface area contributed by atoms with E-state index in [1.165, 1.54) is 70.3 Å². The van der Waals surface area contributed by atoms with E-state index in [0.29, 0.717) is 17.5 Å². The maximum Gasteiger partial charge on any atom is 0.164 e. The molecule has 0 fully saturated rings. The van der Waals surface area contributed by atoms with Gasteiger partial charge < -0.3 is 9.13 Å². The highest BCUT2D eigenvalue weighted by Crippen LogP contribution is 2.41. The summed E-state index contributed by atoms with van der Waals surface area (Å²) in [6, 6.07) is 90.3. The van der Waals surface area contributed by atoms with E-state index in [-0.39, 0.29) is 0 Å². The molecule has 5 nitrogen and oxygen atoms in total. The van der Waals surface area contributed by atoms with Gasteiger partial charge in [-0.3, -0.25) is 0 Å². The lowest BCUT2D eigenvalue weighted by Crippen LogP contribution is -2.02. The molecule has 0 saturated heterocycles. The van der Waals surface area contributed by atoms with Gasteiger partial charge in [0.1, 0.15) is 0 Å². The van der Waals surface area contributed by atoms with Crippen molar-refractivity contribution in [2.75, 3.05) is 0 Å². The van der Waals surface area contributed by atoms with Crippen LogP contribution in [0.5, 0.6) is 0 Å². The van der Waals surface area contributed by atoms with Crippen LogP contribution in [0.15, 0.2) is 249 Å². The van der Waals surface area contributed by atoms with Crippen molar-refractivity contribution in [1.82, 2.24) is 24.1 Å². The summed E-state index contributed by atoms with van der Waals surface area (Å²) < 4.78 is 4.86. The molecule has 16 rings (SSSR count). The Kier molecular flexibility index (Phi) is 8.68. The van der Waals surface area contributed by atoms with Gasteiger partial charge in [0.05, 0.1) is 22.1 Å². The van der Waals surface area contributed by atoms with Crippen LogP contribution in [0.3, 0.4) is 0 Å². The Labute approximate surface area is 424 Å². The Morgan fingerprint density at radius 1 is 0.216 bits per heavy atom. The Morgan fingerprint density at radius 2 is 0.662 bits per heavy atom. The Bertz CT molecular complexity index is 5040. The maximum absolute atomic E-state index is 5.45. The zero-order chi connectivity index (χ0) is 48.4. The van der Waals surface area contributed by atoms with Crippen LogP contribution in [0, 0.1) is 0 Å². The van der Waals surface area contributed by atoms with Gasteiger partial charge >= 0.3 is 0 Å². The molecule has 0 radical (unpaired) electrons. The average Bonchev–Trinajstić information content (AvgIpc) is 3.96. The fourth-order valence-corrected chi connectivity index (χ4v) is 11.9. The largest absolute Gasteiger partial charge is 0.309 e. The van der Waals surface area contributed by atoms with Crippen LogP contribution in [0.25, 0.3) is 154 Å². The summed E-state index contributed by atoms with van der Waals surface area (Å²) in [7, 11) is 0. The van der Waals surface area contributed by atoms with Gasteiger partial charge in [-0.25, -0.2) is 15.0 Å². The zero-order valence-electron chi connectivity index (χ0n) is 39.9. The maximum atomic E-state index is 5.45. The molecule has 0 aliphatic carbocycles. The molecule has 3 aromatic heterocycles. The highest BCUT2D eigenvalue weighted by Gasteiger charge is 2.21. The quantitative estimate of drug-likeness (QED) is 0.162. The van der Waals surface area contributed by atoms with Crippen molar-refractivity contribution < 1.29 is 0 Å². The van der Waals surface area contributed by atoms with Crippen molar-refractivity contribution in [3.8, 4) is 45.5 Å². The molecule has 0 atom stereocenters. The highest BCUT2D eigenvalue weighted by atomic mass is 15.0. The lowest BCUT2D eigenvalue weighted by atomic mass is 9.99. The fraction of sp³-hybridized carbons (Fsp3) is 0. The van der Waals surface area contributed by atoms with Gasteiger partial charge in [0.15, 0.2) is 17.5 Å². The van der Waals surface area contributed by atoms with Gasteiger partial charge in [-0.05, 0) is 137 Å². The third kappa shape index (κ3) is 6.27. The molecule has 0 bridgehead atoms. The van der Waals surface area contributed by atoms with E-state index in [4.69, 9.17) is 15.0 Å². The molecule has 16 aromatic rings. The number of hydrogen-bond acceptors (Lipinski definition) is 3. The average molecular weight is 940 g/mol. The lowest BCUT2D eigenvalue weighted by Gasteiger charge is -2.15. The predicted molar refractivity (Wildman–Crippen MR) is 310 cm³/mol. The standard InChI is InChI=1S/C69H41N5/c1-2-15-45-33-50(29-25-42(45)13-1)67-70-68(51-30-28-44-27-26-43-14-5-7-19-55(43)59(44)38-51)72-69(71-67)62-41-54(34-49-18-6-8-20-56(49)62)74-64-24-12-10-22-58(64)61-37-48-31-32-53(35-52(48)40-66(61)74)73-63-23-11-9-21-57(63)60-36-46-16-3-4-17-47(46)39-65(60)73/h1-41H. The second kappa shape index (κ2) is 15.8. The molecule has 0 amide bonds. The number of aromatic nitrogens is 5. The van der Waals surface area contributed by atoms with E-state index in [0.717, 1.165) is 66.0 Å². The minimum Gasteiger partial charge on any atom is -0.309 e. The molecule has 3 heterocycles. The number of nitrogens with zero attached hydrogens (tertiary/aromatic N) is 5. The summed E-state index contributed by atoms with van der Waals surface area (Å²) in [5.41, 5.74) is 9.60. The van der Waals surface area contributed by atoms with Crippen LogP contribution in [0.2, 0.25) is 0 Å². The van der Waals surface area contributed by atoms with Crippen LogP contribution < -0.4 is 0 Å². The molecule has 0 N–H and O–H groups in total. The summed E-state index contributed by atoms with van der Waals surface area (Å²) in [4.78, 5) is 16.2. The molecule has 342 valence electrons. The van der Waals surface area contributed by atoms with Gasteiger partial charge in [-0.2, -0.15) is 0 Å². The van der Waals surface area contributed by atoms with E-state index in [1.807, 2.05) is 0 Å².